The Hall–Kier alpha value is -3.48. The largest absolute Gasteiger partial charge is 0.497 e. The molecule has 1 aliphatic heterocycles. The van der Waals surface area contributed by atoms with Gasteiger partial charge in [-0.1, -0.05) is 6.07 Å². The summed E-state index contributed by atoms with van der Waals surface area (Å²) in [5.74, 6) is -1.06. The van der Waals surface area contributed by atoms with Gasteiger partial charge in [-0.05, 0) is 42.5 Å². The number of amides is 2. The van der Waals surface area contributed by atoms with Gasteiger partial charge in [0.25, 0.3) is 0 Å². The van der Waals surface area contributed by atoms with Crippen LogP contribution in [0.5, 0.6) is 5.75 Å². The maximum Gasteiger partial charge on any atom is 0.338 e. The zero-order valence-electron chi connectivity index (χ0n) is 14.6. The van der Waals surface area contributed by atoms with Crippen LogP contribution >= 0.6 is 0 Å². The molecule has 138 valence electrons. The number of ether oxygens (including phenoxy) is 2. The summed E-state index contributed by atoms with van der Waals surface area (Å²) in [6.07, 6.45) is 0.313. The van der Waals surface area contributed by atoms with Crippen molar-refractivity contribution in [1.82, 2.24) is 0 Å². The highest BCUT2D eigenvalue weighted by atomic mass is 16.5. The minimum atomic E-state index is -0.710. The first-order chi connectivity index (χ1) is 13.0. The van der Waals surface area contributed by atoms with Crippen molar-refractivity contribution in [3.8, 4) is 5.75 Å². The molecule has 0 aliphatic carbocycles. The fraction of sp³-hybridized carbons (Fsp3) is 0.200. The lowest BCUT2D eigenvalue weighted by molar-refractivity contribution is -0.121. The topological polar surface area (TPSA) is 90.0 Å². The molecule has 7 nitrogen and oxygen atoms in total. The van der Waals surface area contributed by atoms with Gasteiger partial charge in [0.2, 0.25) is 11.8 Å². The highest BCUT2D eigenvalue weighted by molar-refractivity contribution is 6.20. The lowest BCUT2D eigenvalue weighted by Gasteiger charge is -2.14. The Kier molecular flexibility index (Phi) is 5.30. The van der Waals surface area contributed by atoms with Crippen LogP contribution in [0, 0.1) is 0 Å². The number of benzene rings is 2. The molecular formula is C20H17NO6. The van der Waals surface area contributed by atoms with E-state index in [4.69, 9.17) is 9.47 Å². The van der Waals surface area contributed by atoms with Crippen LogP contribution < -0.4 is 9.64 Å². The zero-order valence-corrected chi connectivity index (χ0v) is 14.6. The molecule has 0 atom stereocenters. The predicted octanol–water partition coefficient (Wildman–Crippen LogP) is 2.39. The fourth-order valence-electron chi connectivity index (χ4n) is 2.71. The molecule has 1 heterocycles. The summed E-state index contributed by atoms with van der Waals surface area (Å²) in [6, 6.07) is 12.5. The van der Waals surface area contributed by atoms with E-state index in [1.807, 2.05) is 0 Å². The average Bonchev–Trinajstić information content (AvgIpc) is 3.04. The minimum Gasteiger partial charge on any atom is -0.497 e. The Balaban J connectivity index is 1.65. The van der Waals surface area contributed by atoms with E-state index < -0.39 is 12.6 Å². The molecule has 1 aliphatic rings. The predicted molar refractivity (Wildman–Crippen MR) is 95.8 cm³/mol. The number of esters is 1. The third-order valence-corrected chi connectivity index (χ3v) is 4.14. The summed E-state index contributed by atoms with van der Waals surface area (Å²) >= 11 is 0. The first-order valence-corrected chi connectivity index (χ1v) is 8.30. The number of hydrogen-bond donors (Lipinski definition) is 0. The Morgan fingerprint density at radius 3 is 2.26 bits per heavy atom. The van der Waals surface area contributed by atoms with Crippen LogP contribution in [0.15, 0.2) is 48.5 Å². The molecule has 3 rings (SSSR count). The third-order valence-electron chi connectivity index (χ3n) is 4.14. The summed E-state index contributed by atoms with van der Waals surface area (Å²) in [7, 11) is 1.52. The second-order valence-electron chi connectivity index (χ2n) is 5.90. The first kappa shape index (κ1) is 18.3. The quantitative estimate of drug-likeness (QED) is 0.442. The molecule has 0 saturated carbocycles. The van der Waals surface area contributed by atoms with Crippen LogP contribution in [0.25, 0.3) is 0 Å². The maximum absolute atomic E-state index is 12.2. The van der Waals surface area contributed by atoms with Gasteiger partial charge in [-0.3, -0.25) is 19.3 Å². The van der Waals surface area contributed by atoms with Crippen LogP contribution in [0.4, 0.5) is 5.69 Å². The third kappa shape index (κ3) is 4.03. The van der Waals surface area contributed by atoms with Crippen molar-refractivity contribution in [3.63, 3.8) is 0 Å². The monoisotopic (exact) mass is 367 g/mol. The number of carbonyl (C=O) groups is 4. The van der Waals surface area contributed by atoms with Crippen LogP contribution in [0.1, 0.15) is 33.6 Å². The van der Waals surface area contributed by atoms with Gasteiger partial charge in [-0.25, -0.2) is 4.79 Å². The van der Waals surface area contributed by atoms with Crippen LogP contribution in [0.3, 0.4) is 0 Å². The summed E-state index contributed by atoms with van der Waals surface area (Å²) < 4.78 is 10.1. The van der Waals surface area contributed by atoms with Crippen molar-refractivity contribution < 1.29 is 28.7 Å². The lowest BCUT2D eigenvalue weighted by atomic mass is 10.1. The number of imide groups is 1. The number of ketones is 1. The van der Waals surface area contributed by atoms with E-state index in [9.17, 15) is 19.2 Å². The first-order valence-electron chi connectivity index (χ1n) is 8.30. The molecule has 2 aromatic carbocycles. The molecule has 0 unspecified atom stereocenters. The van der Waals surface area contributed by atoms with Gasteiger partial charge in [0.05, 0.1) is 18.4 Å². The molecular weight excluding hydrogens is 350 g/mol. The van der Waals surface area contributed by atoms with Gasteiger partial charge in [-0.15, -0.1) is 0 Å². The van der Waals surface area contributed by atoms with Gasteiger partial charge in [0.1, 0.15) is 5.75 Å². The second-order valence-corrected chi connectivity index (χ2v) is 5.90. The summed E-state index contributed by atoms with van der Waals surface area (Å²) in [5.41, 5.74) is 0.867. The van der Waals surface area contributed by atoms with Crippen molar-refractivity contribution in [1.29, 1.82) is 0 Å². The summed E-state index contributed by atoms with van der Waals surface area (Å²) in [5, 5.41) is 0. The summed E-state index contributed by atoms with van der Waals surface area (Å²) in [6.45, 7) is -0.420. The molecule has 1 saturated heterocycles. The van der Waals surface area contributed by atoms with Crippen molar-refractivity contribution in [3.05, 3.63) is 59.7 Å². The number of hydrogen-bond acceptors (Lipinski definition) is 6. The molecule has 0 N–H and O–H groups in total. The Morgan fingerprint density at radius 1 is 0.963 bits per heavy atom. The highest BCUT2D eigenvalue weighted by Crippen LogP contribution is 2.23. The molecule has 7 heteroatoms. The number of anilines is 1. The number of nitrogens with zero attached hydrogens (tertiary/aromatic N) is 1. The van der Waals surface area contributed by atoms with Crippen molar-refractivity contribution in [2.24, 2.45) is 0 Å². The van der Waals surface area contributed by atoms with E-state index in [-0.39, 0.29) is 36.0 Å². The lowest BCUT2D eigenvalue weighted by Crippen LogP contribution is -2.28. The van der Waals surface area contributed by atoms with E-state index >= 15 is 0 Å². The molecule has 0 aromatic heterocycles. The van der Waals surface area contributed by atoms with E-state index in [1.165, 1.54) is 19.2 Å². The van der Waals surface area contributed by atoms with Crippen LogP contribution in [0.2, 0.25) is 0 Å². The van der Waals surface area contributed by atoms with Gasteiger partial charge < -0.3 is 9.47 Å². The molecule has 27 heavy (non-hydrogen) atoms. The van der Waals surface area contributed by atoms with Crippen molar-refractivity contribution >= 4 is 29.3 Å². The zero-order chi connectivity index (χ0) is 19.4. The Labute approximate surface area is 155 Å². The maximum atomic E-state index is 12.2. The smallest absolute Gasteiger partial charge is 0.338 e. The number of rotatable bonds is 6. The number of Topliss-reactive ketones (excluding diaryl/α,β-unsaturated/α-hetero) is 1. The highest BCUT2D eigenvalue weighted by Gasteiger charge is 2.30. The molecule has 2 amide bonds. The molecule has 0 spiro atoms. The SMILES string of the molecule is COc1ccc(C(=O)COC(=O)c2cccc(N3C(=O)CCC3=O)c2)cc1. The number of carbonyl (C=O) groups excluding carboxylic acids is 4. The number of methoxy groups -OCH3 is 1. The van der Waals surface area contributed by atoms with E-state index in [2.05, 4.69) is 0 Å². The molecule has 0 bridgehead atoms. The van der Waals surface area contributed by atoms with Gasteiger partial charge in [0, 0.05) is 18.4 Å². The van der Waals surface area contributed by atoms with E-state index in [0.717, 1.165) is 4.90 Å². The standard InChI is InChI=1S/C20H17NO6/c1-26-16-7-5-13(6-8-16)17(22)12-27-20(25)14-3-2-4-15(11-14)21-18(23)9-10-19(21)24/h2-8,11H,9-10,12H2,1H3. The second kappa shape index (κ2) is 7.82. The minimum absolute atomic E-state index is 0.155. The molecule has 1 fully saturated rings. The van der Waals surface area contributed by atoms with Crippen LogP contribution in [-0.4, -0.2) is 37.3 Å². The summed E-state index contributed by atoms with van der Waals surface area (Å²) in [4.78, 5) is 49.0. The van der Waals surface area contributed by atoms with E-state index in [1.54, 1.807) is 36.4 Å². The average molecular weight is 367 g/mol. The van der Waals surface area contributed by atoms with Gasteiger partial charge in [-0.2, -0.15) is 0 Å². The molecule has 2 aromatic rings. The van der Waals surface area contributed by atoms with Crippen molar-refractivity contribution in [2.45, 2.75) is 12.8 Å². The Bertz CT molecular complexity index is 887. The Morgan fingerprint density at radius 2 is 1.63 bits per heavy atom. The van der Waals surface area contributed by atoms with Crippen LogP contribution in [-0.2, 0) is 14.3 Å². The van der Waals surface area contributed by atoms with Crippen molar-refractivity contribution in [2.75, 3.05) is 18.6 Å². The molecule has 0 radical (unpaired) electrons. The fourth-order valence-corrected chi connectivity index (χ4v) is 2.71. The normalized spacial score (nSPS) is 13.6. The van der Waals surface area contributed by atoms with E-state index in [0.29, 0.717) is 17.0 Å². The van der Waals surface area contributed by atoms with Gasteiger partial charge >= 0.3 is 5.97 Å². The van der Waals surface area contributed by atoms with Gasteiger partial charge in [0.15, 0.2) is 12.4 Å².